The predicted octanol–water partition coefficient (Wildman–Crippen LogP) is 2.87. The van der Waals surface area contributed by atoms with E-state index in [0.717, 1.165) is 24.5 Å². The molecule has 134 valence electrons. The van der Waals surface area contributed by atoms with Crippen molar-refractivity contribution in [1.29, 1.82) is 0 Å². The Kier molecular flexibility index (Phi) is 4.95. The Hall–Kier alpha value is -2.70. The molecule has 0 N–H and O–H groups in total. The van der Waals surface area contributed by atoms with E-state index in [9.17, 15) is 0 Å². The molecule has 0 radical (unpaired) electrons. The lowest BCUT2D eigenvalue weighted by atomic mass is 10.2. The van der Waals surface area contributed by atoms with Crippen LogP contribution >= 0.6 is 0 Å². The second kappa shape index (κ2) is 7.68. The van der Waals surface area contributed by atoms with E-state index in [4.69, 9.17) is 9.47 Å². The minimum Gasteiger partial charge on any atom is -0.497 e. The molecule has 1 aliphatic rings. The SMILES string of the molecule is COc1ccc(CN2CCO[C@@H]2c2cn(Cc3ccccc3)nn2)cc1. The van der Waals surface area contributed by atoms with Gasteiger partial charge in [0, 0.05) is 13.1 Å². The van der Waals surface area contributed by atoms with Gasteiger partial charge in [0.1, 0.15) is 11.4 Å². The van der Waals surface area contributed by atoms with E-state index in [1.807, 2.05) is 41.2 Å². The molecule has 1 atom stereocenters. The first kappa shape index (κ1) is 16.8. The summed E-state index contributed by atoms with van der Waals surface area (Å²) in [4.78, 5) is 2.28. The number of ether oxygens (including phenoxy) is 2. The van der Waals surface area contributed by atoms with Gasteiger partial charge in [0.15, 0.2) is 6.23 Å². The number of rotatable bonds is 6. The molecule has 0 aliphatic carbocycles. The lowest BCUT2D eigenvalue weighted by Gasteiger charge is -2.21. The van der Waals surface area contributed by atoms with Crippen LogP contribution in [-0.4, -0.2) is 40.2 Å². The van der Waals surface area contributed by atoms with Gasteiger partial charge in [-0.1, -0.05) is 47.7 Å². The maximum absolute atomic E-state index is 5.92. The van der Waals surface area contributed by atoms with Crippen LogP contribution in [0, 0.1) is 0 Å². The van der Waals surface area contributed by atoms with E-state index >= 15 is 0 Å². The Labute approximate surface area is 153 Å². The van der Waals surface area contributed by atoms with E-state index in [1.165, 1.54) is 11.1 Å². The lowest BCUT2D eigenvalue weighted by Crippen LogP contribution is -2.23. The summed E-state index contributed by atoms with van der Waals surface area (Å²) in [5.41, 5.74) is 3.27. The predicted molar refractivity (Wildman–Crippen MR) is 97.7 cm³/mol. The topological polar surface area (TPSA) is 52.4 Å². The summed E-state index contributed by atoms with van der Waals surface area (Å²) in [5, 5.41) is 8.60. The van der Waals surface area contributed by atoms with E-state index < -0.39 is 0 Å². The number of methoxy groups -OCH3 is 1. The quantitative estimate of drug-likeness (QED) is 0.684. The monoisotopic (exact) mass is 350 g/mol. The molecule has 1 saturated heterocycles. The Morgan fingerprint density at radius 2 is 1.81 bits per heavy atom. The van der Waals surface area contributed by atoms with E-state index in [0.29, 0.717) is 13.2 Å². The lowest BCUT2D eigenvalue weighted by molar-refractivity contribution is 0.0252. The van der Waals surface area contributed by atoms with Crippen LogP contribution in [0.15, 0.2) is 60.8 Å². The van der Waals surface area contributed by atoms with E-state index in [1.54, 1.807) is 7.11 Å². The number of benzene rings is 2. The first-order valence-corrected chi connectivity index (χ1v) is 8.74. The van der Waals surface area contributed by atoms with Gasteiger partial charge < -0.3 is 9.47 Å². The van der Waals surface area contributed by atoms with Crippen LogP contribution < -0.4 is 4.74 Å². The molecule has 0 unspecified atom stereocenters. The third-order valence-corrected chi connectivity index (χ3v) is 4.53. The summed E-state index contributed by atoms with van der Waals surface area (Å²) < 4.78 is 13.0. The zero-order valence-electron chi connectivity index (χ0n) is 14.8. The van der Waals surface area contributed by atoms with Gasteiger partial charge in [-0.2, -0.15) is 0 Å². The van der Waals surface area contributed by atoms with Crippen LogP contribution in [-0.2, 0) is 17.8 Å². The number of hydrogen-bond acceptors (Lipinski definition) is 5. The molecule has 1 fully saturated rings. The summed E-state index contributed by atoms with van der Waals surface area (Å²) in [6.07, 6.45) is 1.82. The molecule has 1 aromatic heterocycles. The van der Waals surface area contributed by atoms with Gasteiger partial charge >= 0.3 is 0 Å². The Morgan fingerprint density at radius 3 is 2.58 bits per heavy atom. The zero-order chi connectivity index (χ0) is 17.8. The van der Waals surface area contributed by atoms with Crippen molar-refractivity contribution in [3.63, 3.8) is 0 Å². The minimum absolute atomic E-state index is 0.151. The van der Waals surface area contributed by atoms with Gasteiger partial charge in [-0.05, 0) is 23.3 Å². The Morgan fingerprint density at radius 1 is 1.04 bits per heavy atom. The maximum atomic E-state index is 5.92. The fourth-order valence-corrected chi connectivity index (χ4v) is 3.18. The third kappa shape index (κ3) is 3.76. The van der Waals surface area contributed by atoms with Crippen LogP contribution in [0.25, 0.3) is 0 Å². The number of hydrogen-bond donors (Lipinski definition) is 0. The van der Waals surface area contributed by atoms with Crippen molar-refractivity contribution in [2.45, 2.75) is 19.3 Å². The second-order valence-corrected chi connectivity index (χ2v) is 6.37. The highest BCUT2D eigenvalue weighted by Crippen LogP contribution is 2.27. The molecular weight excluding hydrogens is 328 g/mol. The van der Waals surface area contributed by atoms with Crippen LogP contribution in [0.2, 0.25) is 0 Å². The van der Waals surface area contributed by atoms with Gasteiger partial charge in [0.2, 0.25) is 0 Å². The van der Waals surface area contributed by atoms with Crippen molar-refractivity contribution < 1.29 is 9.47 Å². The zero-order valence-corrected chi connectivity index (χ0v) is 14.8. The molecule has 6 heteroatoms. The molecule has 2 heterocycles. The van der Waals surface area contributed by atoms with E-state index in [2.05, 4.69) is 39.5 Å². The summed E-state index contributed by atoms with van der Waals surface area (Å²) in [6, 6.07) is 18.4. The molecule has 1 aliphatic heterocycles. The fourth-order valence-electron chi connectivity index (χ4n) is 3.18. The van der Waals surface area contributed by atoms with Gasteiger partial charge in [-0.3, -0.25) is 4.90 Å². The Bertz CT molecular complexity index is 833. The molecule has 3 aromatic rings. The molecule has 26 heavy (non-hydrogen) atoms. The first-order valence-electron chi connectivity index (χ1n) is 8.74. The summed E-state index contributed by atoms with van der Waals surface area (Å²) in [7, 11) is 1.68. The Balaban J connectivity index is 1.44. The fraction of sp³-hybridized carbons (Fsp3) is 0.300. The van der Waals surface area contributed by atoms with Crippen LogP contribution in [0.1, 0.15) is 23.0 Å². The molecule has 6 nitrogen and oxygen atoms in total. The van der Waals surface area contributed by atoms with Gasteiger partial charge in [0.25, 0.3) is 0 Å². The van der Waals surface area contributed by atoms with Crippen LogP contribution in [0.4, 0.5) is 0 Å². The van der Waals surface area contributed by atoms with Crippen LogP contribution in [0.3, 0.4) is 0 Å². The maximum Gasteiger partial charge on any atom is 0.157 e. The van der Waals surface area contributed by atoms with Crippen molar-refractivity contribution in [3.05, 3.63) is 77.6 Å². The summed E-state index contributed by atoms with van der Waals surface area (Å²) >= 11 is 0. The van der Waals surface area contributed by atoms with E-state index in [-0.39, 0.29) is 6.23 Å². The van der Waals surface area contributed by atoms with Gasteiger partial charge in [0.05, 0.1) is 26.5 Å². The minimum atomic E-state index is -0.151. The number of nitrogens with zero attached hydrogens (tertiary/aromatic N) is 4. The normalized spacial score (nSPS) is 17.5. The molecular formula is C20H22N4O2. The van der Waals surface area contributed by atoms with Crippen molar-refractivity contribution in [2.75, 3.05) is 20.3 Å². The molecule has 0 bridgehead atoms. The van der Waals surface area contributed by atoms with Crippen molar-refractivity contribution in [1.82, 2.24) is 19.9 Å². The van der Waals surface area contributed by atoms with Crippen molar-refractivity contribution >= 4 is 0 Å². The second-order valence-electron chi connectivity index (χ2n) is 6.37. The van der Waals surface area contributed by atoms with Gasteiger partial charge in [-0.25, -0.2) is 4.68 Å². The highest BCUT2D eigenvalue weighted by Gasteiger charge is 2.29. The average molecular weight is 350 g/mol. The molecule has 4 rings (SSSR count). The molecule has 0 amide bonds. The van der Waals surface area contributed by atoms with Gasteiger partial charge in [-0.15, -0.1) is 5.10 Å². The standard InChI is InChI=1S/C20H22N4O2/c1-25-18-9-7-17(8-10-18)13-23-11-12-26-20(23)19-15-24(22-21-19)14-16-5-3-2-4-6-16/h2-10,15,20H,11-14H2,1H3/t20-/m1/s1. The first-order chi connectivity index (χ1) is 12.8. The molecule has 2 aromatic carbocycles. The summed E-state index contributed by atoms with van der Waals surface area (Å²) in [5.74, 6) is 0.867. The van der Waals surface area contributed by atoms with Crippen LogP contribution in [0.5, 0.6) is 5.75 Å². The molecule has 0 saturated carbocycles. The third-order valence-electron chi connectivity index (χ3n) is 4.53. The highest BCUT2D eigenvalue weighted by atomic mass is 16.5. The smallest absolute Gasteiger partial charge is 0.157 e. The number of aromatic nitrogens is 3. The van der Waals surface area contributed by atoms with Crippen molar-refractivity contribution in [3.8, 4) is 5.75 Å². The largest absolute Gasteiger partial charge is 0.497 e. The highest BCUT2D eigenvalue weighted by molar-refractivity contribution is 5.27. The van der Waals surface area contributed by atoms with Crippen molar-refractivity contribution in [2.24, 2.45) is 0 Å². The molecule has 0 spiro atoms. The average Bonchev–Trinajstić information content (AvgIpc) is 3.32. The summed E-state index contributed by atoms with van der Waals surface area (Å²) in [6.45, 7) is 3.09.